The minimum atomic E-state index is 0.711. The lowest BCUT2D eigenvalue weighted by molar-refractivity contribution is 0.357. The Kier molecular flexibility index (Phi) is 5.69. The van der Waals surface area contributed by atoms with Crippen molar-refractivity contribution in [2.75, 3.05) is 0 Å². The standard InChI is InChI=1S/C20H24/c1-3-17-9-13-19(14-10-17)7-5-6-8-20-15-11-18(4-2)12-16-20/h3,5,7,11-12,15-17,19H,1,4,9-10,13-14H2,2H3. The monoisotopic (exact) mass is 264 g/mol. The van der Waals surface area contributed by atoms with Crippen molar-refractivity contribution in [2.45, 2.75) is 39.0 Å². The lowest BCUT2D eigenvalue weighted by Gasteiger charge is -2.23. The Morgan fingerprint density at radius 3 is 2.35 bits per heavy atom. The molecule has 1 aliphatic rings. The van der Waals surface area contributed by atoms with E-state index in [1.54, 1.807) is 0 Å². The molecule has 20 heavy (non-hydrogen) atoms. The Morgan fingerprint density at radius 1 is 1.10 bits per heavy atom. The van der Waals surface area contributed by atoms with Gasteiger partial charge in [-0.25, -0.2) is 0 Å². The summed E-state index contributed by atoms with van der Waals surface area (Å²) in [5, 5.41) is 0. The summed E-state index contributed by atoms with van der Waals surface area (Å²) in [5.41, 5.74) is 2.47. The first-order chi connectivity index (χ1) is 9.81. The topological polar surface area (TPSA) is 0 Å². The van der Waals surface area contributed by atoms with Crippen LogP contribution < -0.4 is 0 Å². The highest BCUT2D eigenvalue weighted by Gasteiger charge is 2.16. The summed E-state index contributed by atoms with van der Waals surface area (Å²) in [7, 11) is 0. The van der Waals surface area contributed by atoms with Crippen LogP contribution in [0.2, 0.25) is 0 Å². The molecule has 0 heteroatoms. The summed E-state index contributed by atoms with van der Waals surface area (Å²) in [4.78, 5) is 0. The largest absolute Gasteiger partial charge is 0.103 e. The number of rotatable bonds is 3. The Labute approximate surface area is 123 Å². The van der Waals surface area contributed by atoms with E-state index in [2.05, 4.69) is 61.8 Å². The first-order valence-electron chi connectivity index (χ1n) is 7.71. The van der Waals surface area contributed by atoms with Crippen LogP contribution in [0.25, 0.3) is 0 Å². The average molecular weight is 264 g/mol. The molecule has 1 fully saturated rings. The summed E-state index contributed by atoms with van der Waals surface area (Å²) in [6.07, 6.45) is 12.6. The molecular weight excluding hydrogens is 240 g/mol. The zero-order valence-corrected chi connectivity index (χ0v) is 12.4. The molecule has 2 rings (SSSR count). The highest BCUT2D eigenvalue weighted by molar-refractivity contribution is 5.38. The summed E-state index contributed by atoms with van der Waals surface area (Å²) >= 11 is 0. The molecule has 104 valence electrons. The second kappa shape index (κ2) is 7.75. The van der Waals surface area contributed by atoms with Gasteiger partial charge < -0.3 is 0 Å². The van der Waals surface area contributed by atoms with Crippen LogP contribution in [0.15, 0.2) is 49.1 Å². The zero-order valence-electron chi connectivity index (χ0n) is 12.4. The molecule has 0 aliphatic heterocycles. The Hall–Kier alpha value is -1.74. The molecular formula is C20H24. The number of hydrogen-bond acceptors (Lipinski definition) is 0. The molecule has 1 aromatic carbocycles. The lowest BCUT2D eigenvalue weighted by atomic mass is 9.82. The van der Waals surface area contributed by atoms with Gasteiger partial charge in [-0.1, -0.05) is 43.0 Å². The molecule has 0 atom stereocenters. The van der Waals surface area contributed by atoms with E-state index >= 15 is 0 Å². The van der Waals surface area contributed by atoms with Crippen LogP contribution in [0.5, 0.6) is 0 Å². The minimum absolute atomic E-state index is 0.711. The predicted octanol–water partition coefficient (Wildman–Crippen LogP) is 5.15. The highest BCUT2D eigenvalue weighted by atomic mass is 14.2. The fraction of sp³-hybridized carbons (Fsp3) is 0.400. The lowest BCUT2D eigenvalue weighted by Crippen LogP contribution is -2.10. The molecule has 0 aromatic heterocycles. The van der Waals surface area contributed by atoms with Gasteiger partial charge in [-0.05, 0) is 67.7 Å². The molecule has 0 unspecified atom stereocenters. The smallest absolute Gasteiger partial charge is 0.0249 e. The third kappa shape index (κ3) is 4.42. The summed E-state index contributed by atoms with van der Waals surface area (Å²) in [6, 6.07) is 8.53. The van der Waals surface area contributed by atoms with Crippen molar-refractivity contribution in [1.82, 2.24) is 0 Å². The van der Waals surface area contributed by atoms with Gasteiger partial charge in [0.1, 0.15) is 0 Å². The Morgan fingerprint density at radius 2 is 1.75 bits per heavy atom. The second-order valence-electron chi connectivity index (χ2n) is 5.59. The molecule has 1 aliphatic carbocycles. The molecule has 0 heterocycles. The average Bonchev–Trinajstić information content (AvgIpc) is 2.53. The molecule has 0 spiro atoms. The van der Waals surface area contributed by atoms with E-state index in [1.807, 2.05) is 6.08 Å². The van der Waals surface area contributed by atoms with Crippen molar-refractivity contribution < 1.29 is 0 Å². The third-order valence-electron chi connectivity index (χ3n) is 4.18. The highest BCUT2D eigenvalue weighted by Crippen LogP contribution is 2.29. The van der Waals surface area contributed by atoms with Crippen LogP contribution in [-0.4, -0.2) is 0 Å². The maximum absolute atomic E-state index is 3.89. The quantitative estimate of drug-likeness (QED) is 0.523. The zero-order chi connectivity index (χ0) is 14.2. The third-order valence-corrected chi connectivity index (χ3v) is 4.18. The van der Waals surface area contributed by atoms with E-state index in [0.717, 1.165) is 17.9 Å². The molecule has 0 amide bonds. The molecule has 0 saturated heterocycles. The van der Waals surface area contributed by atoms with Crippen molar-refractivity contribution in [3.05, 3.63) is 60.2 Å². The molecule has 1 aromatic rings. The first kappa shape index (κ1) is 14.7. The summed E-state index contributed by atoms with van der Waals surface area (Å²) in [6.45, 7) is 6.06. The van der Waals surface area contributed by atoms with E-state index in [0.29, 0.717) is 5.92 Å². The van der Waals surface area contributed by atoms with E-state index < -0.39 is 0 Å². The van der Waals surface area contributed by atoms with Crippen molar-refractivity contribution >= 4 is 0 Å². The summed E-state index contributed by atoms with van der Waals surface area (Å²) < 4.78 is 0. The van der Waals surface area contributed by atoms with Gasteiger partial charge in [-0.3, -0.25) is 0 Å². The van der Waals surface area contributed by atoms with Crippen molar-refractivity contribution in [3.63, 3.8) is 0 Å². The van der Waals surface area contributed by atoms with Gasteiger partial charge in [0.15, 0.2) is 0 Å². The van der Waals surface area contributed by atoms with Crippen LogP contribution in [-0.2, 0) is 6.42 Å². The van der Waals surface area contributed by atoms with Crippen LogP contribution in [0.3, 0.4) is 0 Å². The van der Waals surface area contributed by atoms with E-state index in [1.165, 1.54) is 31.2 Å². The number of benzene rings is 1. The van der Waals surface area contributed by atoms with Gasteiger partial charge in [-0.2, -0.15) is 0 Å². The van der Waals surface area contributed by atoms with Crippen LogP contribution in [0.1, 0.15) is 43.7 Å². The fourth-order valence-corrected chi connectivity index (χ4v) is 2.71. The van der Waals surface area contributed by atoms with Gasteiger partial charge in [0.05, 0.1) is 0 Å². The van der Waals surface area contributed by atoms with Crippen LogP contribution >= 0.6 is 0 Å². The Bertz CT molecular complexity index is 499. The van der Waals surface area contributed by atoms with Crippen molar-refractivity contribution in [2.24, 2.45) is 11.8 Å². The number of allylic oxidation sites excluding steroid dienone is 3. The molecule has 0 radical (unpaired) electrons. The van der Waals surface area contributed by atoms with Crippen molar-refractivity contribution in [1.29, 1.82) is 0 Å². The van der Waals surface area contributed by atoms with Crippen molar-refractivity contribution in [3.8, 4) is 11.8 Å². The van der Waals surface area contributed by atoms with E-state index in [4.69, 9.17) is 0 Å². The SMILES string of the molecule is C=CC1CCC(C=CC#Cc2ccc(CC)cc2)CC1. The van der Waals surface area contributed by atoms with Gasteiger partial charge in [0.25, 0.3) is 0 Å². The van der Waals surface area contributed by atoms with Gasteiger partial charge >= 0.3 is 0 Å². The molecule has 1 saturated carbocycles. The fourth-order valence-electron chi connectivity index (χ4n) is 2.71. The van der Waals surface area contributed by atoms with Crippen LogP contribution in [0.4, 0.5) is 0 Å². The Balaban J connectivity index is 1.84. The van der Waals surface area contributed by atoms with E-state index in [-0.39, 0.29) is 0 Å². The molecule has 0 bridgehead atoms. The maximum atomic E-state index is 3.89. The molecule has 0 nitrogen and oxygen atoms in total. The van der Waals surface area contributed by atoms with Crippen LogP contribution in [0, 0.1) is 23.7 Å². The predicted molar refractivity (Wildman–Crippen MR) is 87.5 cm³/mol. The maximum Gasteiger partial charge on any atom is 0.0249 e. The van der Waals surface area contributed by atoms with E-state index in [9.17, 15) is 0 Å². The van der Waals surface area contributed by atoms with Gasteiger partial charge in [0, 0.05) is 5.56 Å². The normalized spacial score (nSPS) is 22.2. The number of hydrogen-bond donors (Lipinski definition) is 0. The van der Waals surface area contributed by atoms with Gasteiger partial charge in [-0.15, -0.1) is 6.58 Å². The summed E-state index contributed by atoms with van der Waals surface area (Å²) in [5.74, 6) is 7.81. The second-order valence-corrected chi connectivity index (χ2v) is 5.59. The van der Waals surface area contributed by atoms with Gasteiger partial charge in [0.2, 0.25) is 0 Å². The number of aryl methyl sites for hydroxylation is 1. The first-order valence-corrected chi connectivity index (χ1v) is 7.71. The molecule has 0 N–H and O–H groups in total. The minimum Gasteiger partial charge on any atom is -0.103 e.